The third kappa shape index (κ3) is 5.57. The summed E-state index contributed by atoms with van der Waals surface area (Å²) >= 11 is 0. The van der Waals surface area contributed by atoms with E-state index in [-0.39, 0.29) is 11.1 Å². The summed E-state index contributed by atoms with van der Waals surface area (Å²) in [6, 6.07) is 18.8. The van der Waals surface area contributed by atoms with Gasteiger partial charge in [0, 0.05) is 11.1 Å². The van der Waals surface area contributed by atoms with Crippen molar-refractivity contribution in [2.24, 2.45) is 0 Å². The van der Waals surface area contributed by atoms with E-state index in [2.05, 4.69) is 25.7 Å². The van der Waals surface area contributed by atoms with E-state index >= 15 is 0 Å². The summed E-state index contributed by atoms with van der Waals surface area (Å²) in [6.07, 6.45) is 6.62. The Morgan fingerprint density at radius 2 is 1.20 bits per heavy atom. The van der Waals surface area contributed by atoms with E-state index in [1.165, 1.54) is 11.1 Å². The Kier molecular flexibility index (Phi) is 7.80. The normalized spacial score (nSPS) is 10.5. The van der Waals surface area contributed by atoms with Crippen LogP contribution in [0.2, 0.25) is 0 Å². The fourth-order valence-electron chi connectivity index (χ4n) is 3.38. The zero-order valence-corrected chi connectivity index (χ0v) is 17.8. The quantitative estimate of drug-likeness (QED) is 0.355. The minimum atomic E-state index is -0.894. The predicted octanol–water partition coefficient (Wildman–Crippen LogP) is 7.72. The Morgan fingerprint density at radius 3 is 1.77 bits per heavy atom. The van der Waals surface area contributed by atoms with Gasteiger partial charge >= 0.3 is 0 Å². The molecule has 0 fully saturated rings. The maximum Gasteiger partial charge on any atom is 0.175 e. The second kappa shape index (κ2) is 10.7. The molecule has 0 amide bonds. The lowest BCUT2D eigenvalue weighted by atomic mass is 9.99. The summed E-state index contributed by atoms with van der Waals surface area (Å²) in [6.45, 7) is 4.32. The van der Waals surface area contributed by atoms with Gasteiger partial charge in [0.05, 0.1) is 5.56 Å². The van der Waals surface area contributed by atoms with E-state index in [4.69, 9.17) is 0 Å². The van der Waals surface area contributed by atoms with Gasteiger partial charge in [0.15, 0.2) is 11.6 Å². The summed E-state index contributed by atoms with van der Waals surface area (Å²) < 4.78 is 29.3. The number of benzene rings is 3. The van der Waals surface area contributed by atoms with Gasteiger partial charge in [0.25, 0.3) is 0 Å². The third-order valence-electron chi connectivity index (χ3n) is 5.28. The van der Waals surface area contributed by atoms with E-state index in [0.29, 0.717) is 5.56 Å². The first-order chi connectivity index (χ1) is 14.6. The first kappa shape index (κ1) is 21.8. The van der Waals surface area contributed by atoms with Crippen LogP contribution >= 0.6 is 0 Å². The van der Waals surface area contributed by atoms with Crippen LogP contribution in [-0.2, 0) is 12.8 Å². The van der Waals surface area contributed by atoms with Crippen molar-refractivity contribution in [3.8, 4) is 23.0 Å². The van der Waals surface area contributed by atoms with Crippen LogP contribution < -0.4 is 0 Å². The van der Waals surface area contributed by atoms with Crippen molar-refractivity contribution in [3.05, 3.63) is 94.6 Å². The Hall–Kier alpha value is -2.92. The second-order valence-electron chi connectivity index (χ2n) is 7.64. The van der Waals surface area contributed by atoms with E-state index in [1.807, 2.05) is 48.5 Å². The van der Waals surface area contributed by atoms with E-state index in [0.717, 1.165) is 44.1 Å². The number of unbranched alkanes of at least 4 members (excludes halogenated alkanes) is 2. The lowest BCUT2D eigenvalue weighted by molar-refractivity contribution is 0.509. The van der Waals surface area contributed by atoms with Gasteiger partial charge < -0.3 is 0 Å². The summed E-state index contributed by atoms with van der Waals surface area (Å²) in [5.74, 6) is 3.98. The van der Waals surface area contributed by atoms with Crippen molar-refractivity contribution < 1.29 is 8.78 Å². The van der Waals surface area contributed by atoms with Gasteiger partial charge in [-0.05, 0) is 66.6 Å². The molecule has 0 aromatic heterocycles. The highest BCUT2D eigenvalue weighted by Gasteiger charge is 2.13. The molecular formula is C28H28F2. The number of rotatable bonds is 7. The molecular weight excluding hydrogens is 374 g/mol. The van der Waals surface area contributed by atoms with Crippen molar-refractivity contribution in [1.82, 2.24) is 0 Å². The Balaban J connectivity index is 1.78. The van der Waals surface area contributed by atoms with E-state index in [9.17, 15) is 8.78 Å². The molecule has 3 aromatic rings. The number of hydrogen-bond donors (Lipinski definition) is 0. The van der Waals surface area contributed by atoms with Crippen molar-refractivity contribution in [2.45, 2.75) is 52.4 Å². The molecule has 0 atom stereocenters. The first-order valence-electron chi connectivity index (χ1n) is 10.8. The van der Waals surface area contributed by atoms with Crippen LogP contribution in [-0.4, -0.2) is 0 Å². The van der Waals surface area contributed by atoms with Gasteiger partial charge in [-0.25, -0.2) is 8.78 Å². The molecule has 3 aromatic carbocycles. The number of aryl methyl sites for hydroxylation is 2. The SMILES string of the molecule is CCCCc1ccc(C#Cc2ccc(-c3ccc(CCCC)cc3)c(F)c2F)cc1. The summed E-state index contributed by atoms with van der Waals surface area (Å²) in [7, 11) is 0. The lowest BCUT2D eigenvalue weighted by Gasteiger charge is -2.07. The van der Waals surface area contributed by atoms with Crippen molar-refractivity contribution in [2.75, 3.05) is 0 Å². The standard InChI is InChI=1S/C28H28F2/c1-3-5-7-21-9-11-23(12-10-21)15-18-25-19-20-26(28(30)27(25)29)24-16-13-22(14-17-24)8-6-4-2/h9-14,16-17,19-20H,3-8H2,1-2H3. The fourth-order valence-corrected chi connectivity index (χ4v) is 3.38. The molecule has 0 nitrogen and oxygen atoms in total. The Morgan fingerprint density at radius 1 is 0.633 bits per heavy atom. The smallest absolute Gasteiger partial charge is 0.175 e. The average molecular weight is 403 g/mol. The first-order valence-corrected chi connectivity index (χ1v) is 10.8. The van der Waals surface area contributed by atoms with Gasteiger partial charge in [-0.3, -0.25) is 0 Å². The van der Waals surface area contributed by atoms with Crippen molar-refractivity contribution in [1.29, 1.82) is 0 Å². The van der Waals surface area contributed by atoms with Crippen LogP contribution in [0.15, 0.2) is 60.7 Å². The van der Waals surface area contributed by atoms with Gasteiger partial charge in [-0.2, -0.15) is 0 Å². The molecule has 0 aliphatic heterocycles. The molecule has 0 unspecified atom stereocenters. The second-order valence-corrected chi connectivity index (χ2v) is 7.64. The summed E-state index contributed by atoms with van der Waals surface area (Å²) in [5.41, 5.74) is 4.29. The van der Waals surface area contributed by atoms with Gasteiger partial charge in [0.1, 0.15) is 0 Å². The summed E-state index contributed by atoms with van der Waals surface area (Å²) in [5, 5.41) is 0. The third-order valence-corrected chi connectivity index (χ3v) is 5.28. The molecule has 0 aliphatic carbocycles. The summed E-state index contributed by atoms with van der Waals surface area (Å²) in [4.78, 5) is 0. The monoisotopic (exact) mass is 402 g/mol. The van der Waals surface area contributed by atoms with Crippen molar-refractivity contribution in [3.63, 3.8) is 0 Å². The van der Waals surface area contributed by atoms with Crippen LogP contribution in [0.1, 0.15) is 61.8 Å². The molecule has 0 bridgehead atoms. The van der Waals surface area contributed by atoms with Crippen molar-refractivity contribution >= 4 is 0 Å². The van der Waals surface area contributed by atoms with E-state index in [1.54, 1.807) is 12.1 Å². The van der Waals surface area contributed by atoms with Gasteiger partial charge in [0.2, 0.25) is 0 Å². The molecule has 0 radical (unpaired) electrons. The molecule has 0 aliphatic rings. The van der Waals surface area contributed by atoms with E-state index < -0.39 is 11.6 Å². The minimum Gasteiger partial charge on any atom is -0.203 e. The average Bonchev–Trinajstić information content (AvgIpc) is 2.78. The largest absolute Gasteiger partial charge is 0.203 e. The Bertz CT molecular complexity index is 1020. The van der Waals surface area contributed by atoms with Crippen LogP contribution in [0.3, 0.4) is 0 Å². The van der Waals surface area contributed by atoms with Gasteiger partial charge in [-0.1, -0.05) is 74.9 Å². The lowest BCUT2D eigenvalue weighted by Crippen LogP contribution is -1.94. The molecule has 0 saturated carbocycles. The highest BCUT2D eigenvalue weighted by atomic mass is 19.2. The molecule has 30 heavy (non-hydrogen) atoms. The predicted molar refractivity (Wildman–Crippen MR) is 121 cm³/mol. The number of halogens is 2. The topological polar surface area (TPSA) is 0 Å². The fraction of sp³-hybridized carbons (Fsp3) is 0.286. The molecule has 0 heterocycles. The molecule has 0 saturated heterocycles. The molecule has 2 heteroatoms. The van der Waals surface area contributed by atoms with Crippen LogP contribution in [0, 0.1) is 23.5 Å². The maximum absolute atomic E-state index is 14.7. The zero-order chi connectivity index (χ0) is 21.3. The maximum atomic E-state index is 14.7. The highest BCUT2D eigenvalue weighted by molar-refractivity contribution is 5.66. The number of hydrogen-bond acceptors (Lipinski definition) is 0. The minimum absolute atomic E-state index is 0.0749. The molecule has 0 N–H and O–H groups in total. The Labute approximate surface area is 179 Å². The van der Waals surface area contributed by atoms with Crippen LogP contribution in [0.25, 0.3) is 11.1 Å². The van der Waals surface area contributed by atoms with Gasteiger partial charge in [-0.15, -0.1) is 0 Å². The zero-order valence-electron chi connectivity index (χ0n) is 17.8. The van der Waals surface area contributed by atoms with Crippen LogP contribution in [0.4, 0.5) is 8.78 Å². The molecule has 0 spiro atoms. The highest BCUT2D eigenvalue weighted by Crippen LogP contribution is 2.27. The molecule has 154 valence electrons. The van der Waals surface area contributed by atoms with Crippen LogP contribution in [0.5, 0.6) is 0 Å². The molecule has 3 rings (SSSR count).